The Morgan fingerprint density at radius 3 is 3.00 bits per heavy atom. The van der Waals surface area contributed by atoms with Crippen molar-refractivity contribution in [2.45, 2.75) is 25.3 Å². The number of amides is 2. The fraction of sp³-hybridized carbons (Fsp3) is 0.857. The van der Waals surface area contributed by atoms with Gasteiger partial charge in [0.05, 0.1) is 12.6 Å². The Kier molecular flexibility index (Phi) is 3.31. The molecule has 1 heterocycles. The Morgan fingerprint density at radius 2 is 2.42 bits per heavy atom. The molecule has 0 bridgehead atoms. The molecule has 0 aromatic rings. The topological polar surface area (TPSA) is 78.6 Å². The summed E-state index contributed by atoms with van der Waals surface area (Å²) in [4.78, 5) is 12.7. The van der Waals surface area contributed by atoms with Crippen LogP contribution < -0.4 is 11.3 Å². The number of hydrogen-bond acceptors (Lipinski definition) is 3. The molecule has 12 heavy (non-hydrogen) atoms. The molecule has 1 unspecified atom stereocenters. The van der Waals surface area contributed by atoms with E-state index in [9.17, 15) is 4.79 Å². The average molecular weight is 173 g/mol. The van der Waals surface area contributed by atoms with Crippen LogP contribution in [0.4, 0.5) is 4.79 Å². The number of piperidine rings is 1. The van der Waals surface area contributed by atoms with Gasteiger partial charge in [-0.05, 0) is 19.3 Å². The van der Waals surface area contributed by atoms with Crippen LogP contribution in [0, 0.1) is 0 Å². The van der Waals surface area contributed by atoms with Crippen molar-refractivity contribution in [3.05, 3.63) is 0 Å². The summed E-state index contributed by atoms with van der Waals surface area (Å²) in [7, 11) is 0. The maximum absolute atomic E-state index is 11.1. The summed E-state index contributed by atoms with van der Waals surface area (Å²) in [6.45, 7) is 0.710. The molecule has 1 atom stereocenters. The van der Waals surface area contributed by atoms with Gasteiger partial charge in [0.2, 0.25) is 0 Å². The van der Waals surface area contributed by atoms with Gasteiger partial charge in [0.15, 0.2) is 0 Å². The molecule has 1 saturated heterocycles. The first kappa shape index (κ1) is 9.28. The number of aliphatic hydroxyl groups excluding tert-OH is 1. The number of hydrazine groups is 1. The van der Waals surface area contributed by atoms with Gasteiger partial charge in [-0.25, -0.2) is 10.6 Å². The van der Waals surface area contributed by atoms with Gasteiger partial charge in [0.25, 0.3) is 0 Å². The lowest BCUT2D eigenvalue weighted by Crippen LogP contribution is -2.51. The first-order chi connectivity index (χ1) is 5.79. The molecule has 70 valence electrons. The van der Waals surface area contributed by atoms with Gasteiger partial charge in [0.1, 0.15) is 0 Å². The van der Waals surface area contributed by atoms with Crippen LogP contribution in [0.1, 0.15) is 19.3 Å². The van der Waals surface area contributed by atoms with E-state index in [4.69, 9.17) is 10.9 Å². The molecule has 1 aliphatic heterocycles. The smallest absolute Gasteiger partial charge is 0.331 e. The molecular formula is C7H15N3O2. The lowest BCUT2D eigenvalue weighted by atomic mass is 10.0. The molecule has 5 heteroatoms. The van der Waals surface area contributed by atoms with Crippen LogP contribution in [-0.4, -0.2) is 35.2 Å². The van der Waals surface area contributed by atoms with Gasteiger partial charge < -0.3 is 10.0 Å². The highest BCUT2D eigenvalue weighted by molar-refractivity contribution is 5.73. The number of rotatable bonds is 1. The van der Waals surface area contributed by atoms with Crippen molar-refractivity contribution < 1.29 is 9.90 Å². The minimum absolute atomic E-state index is 0.0212. The number of carbonyl (C=O) groups excluding carboxylic acids is 1. The van der Waals surface area contributed by atoms with E-state index in [1.54, 1.807) is 4.90 Å². The van der Waals surface area contributed by atoms with Crippen LogP contribution in [0.25, 0.3) is 0 Å². The van der Waals surface area contributed by atoms with Crippen LogP contribution in [-0.2, 0) is 0 Å². The van der Waals surface area contributed by atoms with Crippen molar-refractivity contribution in [2.75, 3.05) is 13.2 Å². The summed E-state index contributed by atoms with van der Waals surface area (Å²) in [6, 6.07) is -0.351. The number of nitrogens with one attached hydrogen (secondary N) is 1. The molecular weight excluding hydrogens is 158 g/mol. The molecule has 0 aromatic heterocycles. The number of urea groups is 1. The second-order valence-corrected chi connectivity index (χ2v) is 2.98. The molecule has 1 rings (SSSR count). The van der Waals surface area contributed by atoms with Gasteiger partial charge in [-0.15, -0.1) is 0 Å². The normalized spacial score (nSPS) is 23.8. The summed E-state index contributed by atoms with van der Waals surface area (Å²) in [5.74, 6) is 5.00. The number of nitrogens with zero attached hydrogens (tertiary/aromatic N) is 1. The standard InChI is InChI=1S/C7H15N3O2/c8-9-7(12)10-4-2-1-3-6(10)5-11/h6,11H,1-5,8H2,(H,9,12). The summed E-state index contributed by atoms with van der Waals surface area (Å²) >= 11 is 0. The van der Waals surface area contributed by atoms with Gasteiger partial charge in [-0.3, -0.25) is 5.43 Å². The van der Waals surface area contributed by atoms with E-state index in [0.717, 1.165) is 19.3 Å². The first-order valence-corrected chi connectivity index (χ1v) is 4.17. The molecule has 4 N–H and O–H groups in total. The molecule has 0 spiro atoms. The summed E-state index contributed by atoms with van der Waals surface area (Å²) in [5.41, 5.74) is 2.07. The van der Waals surface area contributed by atoms with E-state index in [0.29, 0.717) is 6.54 Å². The molecule has 0 saturated carbocycles. The van der Waals surface area contributed by atoms with Crippen LogP contribution >= 0.6 is 0 Å². The Morgan fingerprint density at radius 1 is 1.67 bits per heavy atom. The van der Waals surface area contributed by atoms with Gasteiger partial charge in [-0.2, -0.15) is 0 Å². The highest BCUT2D eigenvalue weighted by Gasteiger charge is 2.25. The highest BCUT2D eigenvalue weighted by Crippen LogP contribution is 2.15. The predicted molar refractivity (Wildman–Crippen MR) is 44.1 cm³/mol. The van der Waals surface area contributed by atoms with Crippen molar-refractivity contribution >= 4 is 6.03 Å². The molecule has 2 amide bonds. The van der Waals surface area contributed by atoms with Gasteiger partial charge in [-0.1, -0.05) is 0 Å². The van der Waals surface area contributed by atoms with Gasteiger partial charge in [0, 0.05) is 6.54 Å². The largest absolute Gasteiger partial charge is 0.394 e. The highest BCUT2D eigenvalue weighted by atomic mass is 16.3. The first-order valence-electron chi connectivity index (χ1n) is 4.17. The summed E-state index contributed by atoms with van der Waals surface area (Å²) in [6.07, 6.45) is 2.92. The third-order valence-electron chi connectivity index (χ3n) is 2.22. The van der Waals surface area contributed by atoms with E-state index in [2.05, 4.69) is 5.43 Å². The SMILES string of the molecule is NNC(=O)N1CCCCC1CO. The number of likely N-dealkylation sites (tertiary alicyclic amines) is 1. The molecule has 0 aromatic carbocycles. The molecule has 0 radical (unpaired) electrons. The number of aliphatic hydroxyl groups is 1. The number of nitrogens with two attached hydrogens (primary N) is 1. The molecule has 1 aliphatic rings. The maximum Gasteiger partial charge on any atom is 0.331 e. The predicted octanol–water partition coefficient (Wildman–Crippen LogP) is -0.584. The zero-order chi connectivity index (χ0) is 8.97. The van der Waals surface area contributed by atoms with Crippen molar-refractivity contribution in [1.82, 2.24) is 10.3 Å². The van der Waals surface area contributed by atoms with Crippen molar-refractivity contribution in [2.24, 2.45) is 5.84 Å². The fourth-order valence-corrected chi connectivity index (χ4v) is 1.54. The van der Waals surface area contributed by atoms with Crippen LogP contribution in [0.3, 0.4) is 0 Å². The third-order valence-corrected chi connectivity index (χ3v) is 2.22. The van der Waals surface area contributed by atoms with Crippen molar-refractivity contribution in [1.29, 1.82) is 0 Å². The summed E-state index contributed by atoms with van der Waals surface area (Å²) < 4.78 is 0. The Hall–Kier alpha value is -0.810. The lowest BCUT2D eigenvalue weighted by molar-refractivity contribution is 0.108. The molecule has 5 nitrogen and oxygen atoms in total. The van der Waals surface area contributed by atoms with E-state index >= 15 is 0 Å². The zero-order valence-corrected chi connectivity index (χ0v) is 6.99. The van der Waals surface area contributed by atoms with Crippen molar-refractivity contribution in [3.8, 4) is 0 Å². The van der Waals surface area contributed by atoms with Crippen molar-refractivity contribution in [3.63, 3.8) is 0 Å². The third kappa shape index (κ3) is 1.86. The number of hydrogen-bond donors (Lipinski definition) is 3. The minimum atomic E-state index is -0.297. The van der Waals surface area contributed by atoms with E-state index in [1.807, 2.05) is 0 Å². The lowest BCUT2D eigenvalue weighted by Gasteiger charge is -2.33. The second-order valence-electron chi connectivity index (χ2n) is 2.98. The quantitative estimate of drug-likeness (QED) is 0.282. The average Bonchev–Trinajstić information content (AvgIpc) is 2.16. The Bertz CT molecular complexity index is 163. The summed E-state index contributed by atoms with van der Waals surface area (Å²) in [5, 5.41) is 8.94. The number of carbonyl (C=O) groups is 1. The van der Waals surface area contributed by atoms with E-state index < -0.39 is 0 Å². The van der Waals surface area contributed by atoms with Crippen LogP contribution in [0.5, 0.6) is 0 Å². The second kappa shape index (κ2) is 4.27. The van der Waals surface area contributed by atoms with Crippen LogP contribution in [0.15, 0.2) is 0 Å². The maximum atomic E-state index is 11.1. The zero-order valence-electron chi connectivity index (χ0n) is 6.99. The van der Waals surface area contributed by atoms with E-state index in [1.165, 1.54) is 0 Å². The molecule has 0 aliphatic carbocycles. The van der Waals surface area contributed by atoms with E-state index in [-0.39, 0.29) is 18.7 Å². The van der Waals surface area contributed by atoms with Gasteiger partial charge >= 0.3 is 6.03 Å². The molecule has 1 fully saturated rings. The van der Waals surface area contributed by atoms with Crippen LogP contribution in [0.2, 0.25) is 0 Å². The Balaban J connectivity index is 2.52. The monoisotopic (exact) mass is 173 g/mol. The Labute approximate surface area is 71.5 Å². The minimum Gasteiger partial charge on any atom is -0.394 e. The fourth-order valence-electron chi connectivity index (χ4n) is 1.54.